The van der Waals surface area contributed by atoms with Gasteiger partial charge in [-0.2, -0.15) is 11.3 Å². The second-order valence-corrected chi connectivity index (χ2v) is 6.02. The van der Waals surface area contributed by atoms with Crippen molar-refractivity contribution in [2.24, 2.45) is 4.99 Å². The van der Waals surface area contributed by atoms with E-state index in [-0.39, 0.29) is 0 Å². The minimum absolute atomic E-state index is 0.681. The molecule has 1 aliphatic heterocycles. The summed E-state index contributed by atoms with van der Waals surface area (Å²) in [6.07, 6.45) is 0.918. The molecule has 0 spiro atoms. The average molecular weight is 331 g/mol. The van der Waals surface area contributed by atoms with Crippen LogP contribution in [0.15, 0.2) is 40.0 Å². The number of rotatable bonds is 4. The number of hydrogen-bond donors (Lipinski definition) is 2. The van der Waals surface area contributed by atoms with Crippen LogP contribution in [-0.4, -0.2) is 26.2 Å². The van der Waals surface area contributed by atoms with Gasteiger partial charge in [0, 0.05) is 26.6 Å². The molecule has 5 nitrogen and oxygen atoms in total. The molecule has 2 N–H and O–H groups in total. The highest BCUT2D eigenvalue weighted by molar-refractivity contribution is 7.07. The number of ether oxygens (including phenoxy) is 2. The van der Waals surface area contributed by atoms with Crippen molar-refractivity contribution >= 4 is 17.3 Å². The summed E-state index contributed by atoms with van der Waals surface area (Å²) < 4.78 is 11.4. The summed E-state index contributed by atoms with van der Waals surface area (Å²) in [4.78, 5) is 4.25. The Hall–Kier alpha value is -2.21. The Balaban J connectivity index is 1.55. The Labute approximate surface area is 140 Å². The first-order valence-electron chi connectivity index (χ1n) is 7.69. The van der Waals surface area contributed by atoms with Crippen molar-refractivity contribution in [2.75, 3.05) is 20.3 Å². The van der Waals surface area contributed by atoms with Gasteiger partial charge in [-0.15, -0.1) is 0 Å². The monoisotopic (exact) mass is 331 g/mol. The highest BCUT2D eigenvalue weighted by Gasteiger charge is 2.10. The Kier molecular flexibility index (Phi) is 5.37. The second kappa shape index (κ2) is 7.87. The molecule has 0 fully saturated rings. The minimum atomic E-state index is 0.681. The Morgan fingerprint density at radius 2 is 1.87 bits per heavy atom. The molecule has 0 bridgehead atoms. The highest BCUT2D eigenvalue weighted by Crippen LogP contribution is 2.30. The van der Waals surface area contributed by atoms with E-state index in [4.69, 9.17) is 9.47 Å². The normalized spacial score (nSPS) is 14.2. The van der Waals surface area contributed by atoms with E-state index in [1.807, 2.05) is 18.2 Å². The molecule has 0 aliphatic carbocycles. The molecule has 6 heteroatoms. The van der Waals surface area contributed by atoms with Gasteiger partial charge in [-0.3, -0.25) is 4.99 Å². The summed E-state index contributed by atoms with van der Waals surface area (Å²) in [5.74, 6) is 2.43. The SMILES string of the molecule is CN=C(NCc1ccsc1)NCc1ccc2c(c1)OCCCO2. The van der Waals surface area contributed by atoms with Gasteiger partial charge in [0.25, 0.3) is 0 Å². The molecule has 122 valence electrons. The lowest BCUT2D eigenvalue weighted by molar-refractivity contribution is 0.297. The van der Waals surface area contributed by atoms with Crippen LogP contribution in [0.2, 0.25) is 0 Å². The molecule has 3 rings (SSSR count). The average Bonchev–Trinajstić information content (AvgIpc) is 2.99. The largest absolute Gasteiger partial charge is 0.490 e. The molecule has 1 aromatic heterocycles. The van der Waals surface area contributed by atoms with Crippen LogP contribution < -0.4 is 20.1 Å². The van der Waals surface area contributed by atoms with Crippen molar-refractivity contribution in [2.45, 2.75) is 19.5 Å². The predicted molar refractivity (Wildman–Crippen MR) is 93.4 cm³/mol. The van der Waals surface area contributed by atoms with Crippen molar-refractivity contribution in [3.8, 4) is 11.5 Å². The lowest BCUT2D eigenvalue weighted by Gasteiger charge is -2.13. The molecule has 0 atom stereocenters. The molecule has 0 amide bonds. The van der Waals surface area contributed by atoms with E-state index < -0.39 is 0 Å². The molecule has 23 heavy (non-hydrogen) atoms. The van der Waals surface area contributed by atoms with Gasteiger partial charge in [0.05, 0.1) is 13.2 Å². The molecule has 2 aromatic rings. The van der Waals surface area contributed by atoms with E-state index >= 15 is 0 Å². The molecule has 0 saturated heterocycles. The fraction of sp³-hybridized carbons (Fsp3) is 0.353. The van der Waals surface area contributed by atoms with Gasteiger partial charge in [-0.05, 0) is 40.1 Å². The standard InChI is InChI=1S/C17H21N3O2S/c1-18-17(20-11-14-5-8-23-12-14)19-10-13-3-4-15-16(9-13)22-7-2-6-21-15/h3-5,8-9,12H,2,6-7,10-11H2,1H3,(H2,18,19,20). The third-order valence-electron chi connectivity index (χ3n) is 3.54. The quantitative estimate of drug-likeness (QED) is 0.668. The third-order valence-corrected chi connectivity index (χ3v) is 4.27. The van der Waals surface area contributed by atoms with Crippen LogP contribution in [0.5, 0.6) is 11.5 Å². The molecule has 0 radical (unpaired) electrons. The van der Waals surface area contributed by atoms with Crippen LogP contribution in [-0.2, 0) is 13.1 Å². The van der Waals surface area contributed by atoms with E-state index in [2.05, 4.69) is 32.5 Å². The number of benzene rings is 1. The van der Waals surface area contributed by atoms with Gasteiger partial charge >= 0.3 is 0 Å². The van der Waals surface area contributed by atoms with Gasteiger partial charge in [-0.25, -0.2) is 0 Å². The Morgan fingerprint density at radius 3 is 2.61 bits per heavy atom. The van der Waals surface area contributed by atoms with Crippen LogP contribution in [0.1, 0.15) is 17.5 Å². The van der Waals surface area contributed by atoms with Gasteiger partial charge in [0.15, 0.2) is 17.5 Å². The van der Waals surface area contributed by atoms with Gasteiger partial charge in [0.1, 0.15) is 0 Å². The van der Waals surface area contributed by atoms with Crippen LogP contribution in [0.3, 0.4) is 0 Å². The van der Waals surface area contributed by atoms with Gasteiger partial charge < -0.3 is 20.1 Å². The van der Waals surface area contributed by atoms with Gasteiger partial charge in [-0.1, -0.05) is 6.07 Å². The zero-order valence-corrected chi connectivity index (χ0v) is 14.0. The fourth-order valence-electron chi connectivity index (χ4n) is 2.30. The van der Waals surface area contributed by atoms with E-state index in [9.17, 15) is 0 Å². The lowest BCUT2D eigenvalue weighted by atomic mass is 10.2. The smallest absolute Gasteiger partial charge is 0.191 e. The summed E-state index contributed by atoms with van der Waals surface area (Å²) in [7, 11) is 1.77. The number of guanidine groups is 1. The third kappa shape index (κ3) is 4.39. The van der Waals surface area contributed by atoms with Crippen molar-refractivity contribution in [1.82, 2.24) is 10.6 Å². The van der Waals surface area contributed by atoms with Gasteiger partial charge in [0.2, 0.25) is 0 Å². The first kappa shape index (κ1) is 15.7. The minimum Gasteiger partial charge on any atom is -0.490 e. The number of thiophene rings is 1. The summed E-state index contributed by atoms with van der Waals surface area (Å²) in [5.41, 5.74) is 2.39. The van der Waals surface area contributed by atoms with Crippen LogP contribution in [0.25, 0.3) is 0 Å². The molecule has 1 aliphatic rings. The molecule has 0 saturated carbocycles. The molecular formula is C17H21N3O2S. The topological polar surface area (TPSA) is 54.9 Å². The number of nitrogens with one attached hydrogen (secondary N) is 2. The molecule has 0 unspecified atom stereocenters. The zero-order valence-electron chi connectivity index (χ0n) is 13.2. The van der Waals surface area contributed by atoms with Crippen LogP contribution >= 0.6 is 11.3 Å². The lowest BCUT2D eigenvalue weighted by Crippen LogP contribution is -2.36. The highest BCUT2D eigenvalue weighted by atomic mass is 32.1. The predicted octanol–water partition coefficient (Wildman–Crippen LogP) is 2.77. The summed E-state index contributed by atoms with van der Waals surface area (Å²) in [6, 6.07) is 8.15. The number of hydrogen-bond acceptors (Lipinski definition) is 4. The maximum Gasteiger partial charge on any atom is 0.191 e. The number of aliphatic imine (C=N–C) groups is 1. The molecule has 2 heterocycles. The first-order valence-corrected chi connectivity index (χ1v) is 8.63. The van der Waals surface area contributed by atoms with E-state index in [0.717, 1.165) is 36.0 Å². The molecular weight excluding hydrogens is 310 g/mol. The van der Waals surface area contributed by atoms with Crippen LogP contribution in [0.4, 0.5) is 0 Å². The zero-order chi connectivity index (χ0) is 15.9. The summed E-state index contributed by atoms with van der Waals surface area (Å²) in [5, 5.41) is 10.8. The fourth-order valence-corrected chi connectivity index (χ4v) is 2.97. The van der Waals surface area contributed by atoms with Crippen molar-refractivity contribution in [1.29, 1.82) is 0 Å². The Bertz CT molecular complexity index is 656. The summed E-state index contributed by atoms with van der Waals surface area (Å²) >= 11 is 1.70. The van der Waals surface area contributed by atoms with Crippen molar-refractivity contribution < 1.29 is 9.47 Å². The van der Waals surface area contributed by atoms with E-state index in [1.165, 1.54) is 5.56 Å². The van der Waals surface area contributed by atoms with E-state index in [1.54, 1.807) is 18.4 Å². The van der Waals surface area contributed by atoms with E-state index in [0.29, 0.717) is 19.8 Å². The number of fused-ring (bicyclic) bond motifs is 1. The second-order valence-electron chi connectivity index (χ2n) is 5.24. The maximum absolute atomic E-state index is 5.72. The van der Waals surface area contributed by atoms with Crippen molar-refractivity contribution in [3.63, 3.8) is 0 Å². The Morgan fingerprint density at radius 1 is 1.09 bits per heavy atom. The first-order chi connectivity index (χ1) is 11.3. The summed E-state index contributed by atoms with van der Waals surface area (Å²) in [6.45, 7) is 2.86. The maximum atomic E-state index is 5.72. The van der Waals surface area contributed by atoms with Crippen LogP contribution in [0, 0.1) is 0 Å². The number of nitrogens with zero attached hydrogens (tertiary/aromatic N) is 1. The molecule has 1 aromatic carbocycles. The van der Waals surface area contributed by atoms with Crippen molar-refractivity contribution in [3.05, 3.63) is 46.2 Å².